The number of benzene rings is 2. The molecule has 0 unspecified atom stereocenters. The molecule has 3 heteroatoms. The molecular weight excluding hydrogens is 448 g/mol. The van der Waals surface area contributed by atoms with Crippen molar-refractivity contribution in [3.63, 3.8) is 0 Å². The molecule has 2 aromatic carbocycles. The van der Waals surface area contributed by atoms with E-state index >= 15 is 0 Å². The van der Waals surface area contributed by atoms with Crippen LogP contribution in [0.1, 0.15) is 47.9 Å². The number of rotatable bonds is 2. The molecule has 0 bridgehead atoms. The summed E-state index contributed by atoms with van der Waals surface area (Å²) in [6.07, 6.45) is 9.31. The van der Waals surface area contributed by atoms with Crippen LogP contribution >= 0.6 is 22.6 Å². The van der Waals surface area contributed by atoms with E-state index in [4.69, 9.17) is 0 Å². The molecule has 0 spiro atoms. The standard InChI is InChI=1S/C24H23FIN/c25-20-7-5-17-3-4-18-6-8-21(26)14-23(18)24(22(17)13-20)19-9-11-27(12-10-19)15-16-1-2-16/h3-8,13-14,16H,1-2,9-12,15H2. The van der Waals surface area contributed by atoms with Gasteiger partial charge in [-0.2, -0.15) is 0 Å². The summed E-state index contributed by atoms with van der Waals surface area (Å²) in [6.45, 7) is 3.53. The Morgan fingerprint density at radius 1 is 0.926 bits per heavy atom. The number of fused-ring (bicyclic) bond motifs is 2. The van der Waals surface area contributed by atoms with Crippen molar-refractivity contribution in [3.8, 4) is 0 Å². The molecule has 1 nitrogen and oxygen atoms in total. The lowest BCUT2D eigenvalue weighted by atomic mass is 9.86. The van der Waals surface area contributed by atoms with Crippen LogP contribution < -0.4 is 0 Å². The van der Waals surface area contributed by atoms with Gasteiger partial charge in [0, 0.05) is 23.2 Å². The molecule has 2 fully saturated rings. The Labute approximate surface area is 174 Å². The maximum atomic E-state index is 14.2. The molecule has 2 aromatic rings. The largest absolute Gasteiger partial charge is 0.302 e. The summed E-state index contributed by atoms with van der Waals surface area (Å²) in [5.74, 6) is 0.791. The van der Waals surface area contributed by atoms with Crippen LogP contribution in [0.3, 0.4) is 0 Å². The van der Waals surface area contributed by atoms with E-state index in [0.29, 0.717) is 0 Å². The summed E-state index contributed by atoms with van der Waals surface area (Å²) >= 11 is 2.38. The number of hydrogen-bond acceptors (Lipinski definition) is 1. The topological polar surface area (TPSA) is 3.24 Å². The normalized spacial score (nSPS) is 19.6. The first kappa shape index (κ1) is 17.6. The van der Waals surface area contributed by atoms with Crippen LogP contribution in [0.4, 0.5) is 4.39 Å². The van der Waals surface area contributed by atoms with Gasteiger partial charge < -0.3 is 4.90 Å². The second kappa shape index (κ2) is 7.17. The van der Waals surface area contributed by atoms with Crippen molar-refractivity contribution < 1.29 is 4.39 Å². The maximum Gasteiger partial charge on any atom is 0.123 e. The Hall–Kier alpha value is -1.46. The molecule has 0 amide bonds. The highest BCUT2D eigenvalue weighted by molar-refractivity contribution is 14.1. The first-order valence-electron chi connectivity index (χ1n) is 9.90. The fourth-order valence-electron chi connectivity index (χ4n) is 4.41. The van der Waals surface area contributed by atoms with Crippen molar-refractivity contribution >= 4 is 40.3 Å². The smallest absolute Gasteiger partial charge is 0.123 e. The minimum atomic E-state index is -0.152. The maximum absolute atomic E-state index is 14.2. The van der Waals surface area contributed by atoms with Crippen molar-refractivity contribution in [2.24, 2.45) is 5.92 Å². The Morgan fingerprint density at radius 2 is 1.59 bits per heavy atom. The van der Waals surface area contributed by atoms with Crippen molar-refractivity contribution in [2.45, 2.75) is 25.7 Å². The molecule has 3 aliphatic rings. The zero-order valence-corrected chi connectivity index (χ0v) is 17.5. The van der Waals surface area contributed by atoms with Crippen LogP contribution in [0.25, 0.3) is 17.7 Å². The minimum Gasteiger partial charge on any atom is -0.302 e. The van der Waals surface area contributed by atoms with Gasteiger partial charge in [0.1, 0.15) is 5.82 Å². The molecule has 5 rings (SSSR count). The Balaban J connectivity index is 1.60. The Bertz CT molecular complexity index is 887. The van der Waals surface area contributed by atoms with E-state index in [0.717, 1.165) is 43.0 Å². The molecule has 138 valence electrons. The molecule has 2 aliphatic carbocycles. The second-order valence-corrected chi connectivity index (χ2v) is 9.26. The lowest BCUT2D eigenvalue weighted by molar-refractivity contribution is 0.247. The second-order valence-electron chi connectivity index (χ2n) is 8.02. The molecule has 1 saturated heterocycles. The number of hydrogen-bond donors (Lipinski definition) is 0. The van der Waals surface area contributed by atoms with Gasteiger partial charge in [-0.15, -0.1) is 0 Å². The molecule has 0 atom stereocenters. The van der Waals surface area contributed by atoms with Gasteiger partial charge in [-0.1, -0.05) is 29.9 Å². The number of nitrogens with zero attached hydrogens (tertiary/aromatic N) is 1. The first-order valence-corrected chi connectivity index (χ1v) is 11.0. The minimum absolute atomic E-state index is 0.152. The molecule has 27 heavy (non-hydrogen) atoms. The van der Waals surface area contributed by atoms with Crippen molar-refractivity contribution in [3.05, 3.63) is 73.6 Å². The van der Waals surface area contributed by atoms with E-state index in [9.17, 15) is 4.39 Å². The third-order valence-electron chi connectivity index (χ3n) is 6.04. The summed E-state index contributed by atoms with van der Waals surface area (Å²) in [4.78, 5) is 2.62. The molecule has 1 aliphatic heterocycles. The molecule has 0 radical (unpaired) electrons. The monoisotopic (exact) mass is 471 g/mol. The van der Waals surface area contributed by atoms with E-state index in [2.05, 4.69) is 57.8 Å². The highest BCUT2D eigenvalue weighted by Gasteiger charge is 2.27. The van der Waals surface area contributed by atoms with E-state index < -0.39 is 0 Å². The predicted octanol–water partition coefficient (Wildman–Crippen LogP) is 6.22. The summed E-state index contributed by atoms with van der Waals surface area (Å²) in [6, 6.07) is 11.8. The fourth-order valence-corrected chi connectivity index (χ4v) is 4.90. The predicted molar refractivity (Wildman–Crippen MR) is 119 cm³/mol. The summed E-state index contributed by atoms with van der Waals surface area (Å²) in [5.41, 5.74) is 7.42. The molecular formula is C24H23FIN. The third-order valence-corrected chi connectivity index (χ3v) is 6.71. The van der Waals surface area contributed by atoms with Gasteiger partial charge >= 0.3 is 0 Å². The fraction of sp³-hybridized carbons (Fsp3) is 0.333. The van der Waals surface area contributed by atoms with E-state index in [1.54, 1.807) is 12.1 Å². The van der Waals surface area contributed by atoms with E-state index in [-0.39, 0.29) is 5.82 Å². The lowest BCUT2D eigenvalue weighted by Crippen LogP contribution is -2.32. The van der Waals surface area contributed by atoms with Crippen LogP contribution in [0.2, 0.25) is 0 Å². The summed E-state index contributed by atoms with van der Waals surface area (Å²) in [5, 5.41) is 0. The SMILES string of the molecule is Fc1ccc2c(c1)C(=C1CCN(CC3CC3)CC1)c1cc(I)ccc1C=C2. The lowest BCUT2D eigenvalue weighted by Gasteiger charge is -2.30. The average molecular weight is 471 g/mol. The molecule has 1 saturated carbocycles. The average Bonchev–Trinajstić information content (AvgIpc) is 3.49. The zero-order chi connectivity index (χ0) is 18.4. The van der Waals surface area contributed by atoms with Crippen molar-refractivity contribution in [1.29, 1.82) is 0 Å². The highest BCUT2D eigenvalue weighted by Crippen LogP contribution is 2.40. The van der Waals surface area contributed by atoms with Crippen molar-refractivity contribution in [1.82, 2.24) is 4.90 Å². The summed E-state index contributed by atoms with van der Waals surface area (Å²) < 4.78 is 15.4. The van der Waals surface area contributed by atoms with Gasteiger partial charge in [-0.05, 0) is 106 Å². The van der Waals surface area contributed by atoms with Gasteiger partial charge in [0.25, 0.3) is 0 Å². The molecule has 0 aromatic heterocycles. The van der Waals surface area contributed by atoms with Crippen LogP contribution in [-0.2, 0) is 0 Å². The van der Waals surface area contributed by atoms with Gasteiger partial charge in [0.15, 0.2) is 0 Å². The highest BCUT2D eigenvalue weighted by atomic mass is 127. The number of halogens is 2. The number of likely N-dealkylation sites (tertiary alicyclic amines) is 1. The Kier molecular flexibility index (Phi) is 4.68. The zero-order valence-electron chi connectivity index (χ0n) is 15.3. The van der Waals surface area contributed by atoms with Gasteiger partial charge in [-0.25, -0.2) is 4.39 Å². The third kappa shape index (κ3) is 3.64. The van der Waals surface area contributed by atoms with Crippen LogP contribution in [0.5, 0.6) is 0 Å². The van der Waals surface area contributed by atoms with E-state index in [1.807, 2.05) is 6.07 Å². The van der Waals surface area contributed by atoms with Gasteiger partial charge in [-0.3, -0.25) is 0 Å². The van der Waals surface area contributed by atoms with Gasteiger partial charge in [0.2, 0.25) is 0 Å². The molecule has 1 heterocycles. The summed E-state index contributed by atoms with van der Waals surface area (Å²) in [7, 11) is 0. The Morgan fingerprint density at radius 3 is 2.30 bits per heavy atom. The van der Waals surface area contributed by atoms with Crippen molar-refractivity contribution in [2.75, 3.05) is 19.6 Å². The van der Waals surface area contributed by atoms with Crippen LogP contribution in [-0.4, -0.2) is 24.5 Å². The van der Waals surface area contributed by atoms with E-state index in [1.165, 1.54) is 45.2 Å². The molecule has 0 N–H and O–H groups in total. The number of piperidine rings is 1. The quantitative estimate of drug-likeness (QED) is 0.401. The van der Waals surface area contributed by atoms with Crippen LogP contribution in [0, 0.1) is 15.3 Å². The first-order chi connectivity index (χ1) is 13.2. The van der Waals surface area contributed by atoms with Gasteiger partial charge in [0.05, 0.1) is 0 Å². The van der Waals surface area contributed by atoms with Crippen LogP contribution in [0.15, 0.2) is 42.0 Å².